The minimum absolute atomic E-state index is 0.0220. The third kappa shape index (κ3) is 4.22. The van der Waals surface area contributed by atoms with Crippen molar-refractivity contribution in [3.8, 4) is 0 Å². The van der Waals surface area contributed by atoms with Crippen LogP contribution in [0.4, 0.5) is 5.82 Å². The van der Waals surface area contributed by atoms with E-state index in [1.165, 1.54) is 18.4 Å². The lowest BCUT2D eigenvalue weighted by atomic mass is 10.0. The number of rotatable bonds is 5. The Bertz CT molecular complexity index is 581. The normalized spacial score (nSPS) is 18.4. The van der Waals surface area contributed by atoms with E-state index in [0.717, 1.165) is 49.9 Å². The molecule has 0 bridgehead atoms. The van der Waals surface area contributed by atoms with Crippen LogP contribution in [0.3, 0.4) is 0 Å². The van der Waals surface area contributed by atoms with Gasteiger partial charge in [0, 0.05) is 37.8 Å². The van der Waals surface area contributed by atoms with E-state index in [-0.39, 0.29) is 11.9 Å². The summed E-state index contributed by atoms with van der Waals surface area (Å²) in [6, 6.07) is 2.19. The Labute approximate surface area is 138 Å². The van der Waals surface area contributed by atoms with E-state index in [9.17, 15) is 4.79 Å². The van der Waals surface area contributed by atoms with Gasteiger partial charge in [-0.1, -0.05) is 0 Å². The number of hydrogen-bond acceptors (Lipinski definition) is 4. The number of carbonyl (C=O) groups excluding carboxylic acids is 1. The van der Waals surface area contributed by atoms with Gasteiger partial charge in [-0.05, 0) is 57.7 Å². The highest BCUT2D eigenvalue weighted by molar-refractivity contribution is 5.99. The van der Waals surface area contributed by atoms with Crippen molar-refractivity contribution in [2.45, 2.75) is 45.6 Å². The molecule has 0 spiro atoms. The molecule has 1 amide bonds. The van der Waals surface area contributed by atoms with Crippen molar-refractivity contribution in [3.05, 3.63) is 22.9 Å². The van der Waals surface area contributed by atoms with Gasteiger partial charge in [-0.25, -0.2) is 4.98 Å². The maximum absolute atomic E-state index is 12.6. The second-order valence-corrected chi connectivity index (χ2v) is 7.25. The second-order valence-electron chi connectivity index (χ2n) is 7.25. The zero-order valence-corrected chi connectivity index (χ0v) is 14.5. The van der Waals surface area contributed by atoms with Crippen LogP contribution < -0.4 is 10.6 Å². The Morgan fingerprint density at radius 2 is 2.09 bits per heavy atom. The SMILES string of the molecule is CC(C)NC(=O)c1cc2c(nc1NCC1CC1)CCN(C)CC2. The average molecular weight is 316 g/mol. The smallest absolute Gasteiger partial charge is 0.255 e. The summed E-state index contributed by atoms with van der Waals surface area (Å²) in [6.07, 6.45) is 4.49. The number of nitrogens with zero attached hydrogens (tertiary/aromatic N) is 2. The quantitative estimate of drug-likeness (QED) is 0.873. The summed E-state index contributed by atoms with van der Waals surface area (Å²) in [5, 5.41) is 6.43. The molecule has 3 rings (SSSR count). The summed E-state index contributed by atoms with van der Waals surface area (Å²) in [7, 11) is 2.14. The van der Waals surface area contributed by atoms with Crippen LogP contribution in [0.2, 0.25) is 0 Å². The molecule has 0 aromatic carbocycles. The number of carbonyl (C=O) groups is 1. The second kappa shape index (κ2) is 6.87. The number of fused-ring (bicyclic) bond motifs is 1. The summed E-state index contributed by atoms with van der Waals surface area (Å²) in [5.74, 6) is 1.49. The van der Waals surface area contributed by atoms with Gasteiger partial charge in [0.25, 0.3) is 5.91 Å². The zero-order valence-electron chi connectivity index (χ0n) is 14.5. The first-order chi connectivity index (χ1) is 11.0. The predicted molar refractivity (Wildman–Crippen MR) is 93.0 cm³/mol. The van der Waals surface area contributed by atoms with E-state index in [4.69, 9.17) is 4.98 Å². The Morgan fingerprint density at radius 1 is 1.35 bits per heavy atom. The van der Waals surface area contributed by atoms with Gasteiger partial charge in [-0.15, -0.1) is 0 Å². The third-order valence-electron chi connectivity index (χ3n) is 4.60. The summed E-state index contributed by atoms with van der Waals surface area (Å²) >= 11 is 0. The van der Waals surface area contributed by atoms with Crippen LogP contribution in [0.15, 0.2) is 6.07 Å². The lowest BCUT2D eigenvalue weighted by Gasteiger charge is -2.16. The van der Waals surface area contributed by atoms with Gasteiger partial charge in [0.15, 0.2) is 0 Å². The molecule has 1 saturated carbocycles. The molecule has 126 valence electrons. The number of nitrogens with one attached hydrogen (secondary N) is 2. The molecule has 5 nitrogen and oxygen atoms in total. The molecule has 1 fully saturated rings. The van der Waals surface area contributed by atoms with Crippen LogP contribution >= 0.6 is 0 Å². The number of likely N-dealkylation sites (N-methyl/N-ethyl adjacent to an activating group) is 1. The molecule has 5 heteroatoms. The Hall–Kier alpha value is -1.62. The van der Waals surface area contributed by atoms with Crippen molar-refractivity contribution in [2.24, 2.45) is 5.92 Å². The molecule has 0 radical (unpaired) electrons. The maximum atomic E-state index is 12.6. The van der Waals surface area contributed by atoms with E-state index in [1.807, 2.05) is 13.8 Å². The fourth-order valence-corrected chi connectivity index (χ4v) is 2.96. The van der Waals surface area contributed by atoms with Crippen molar-refractivity contribution in [1.82, 2.24) is 15.2 Å². The summed E-state index contributed by atoms with van der Waals surface area (Å²) in [4.78, 5) is 19.7. The van der Waals surface area contributed by atoms with Gasteiger partial charge < -0.3 is 15.5 Å². The number of amides is 1. The molecule has 2 N–H and O–H groups in total. The largest absolute Gasteiger partial charge is 0.369 e. The Balaban J connectivity index is 1.88. The van der Waals surface area contributed by atoms with E-state index in [2.05, 4.69) is 28.6 Å². The number of anilines is 1. The van der Waals surface area contributed by atoms with Crippen LogP contribution in [-0.4, -0.2) is 48.5 Å². The fraction of sp³-hybridized carbons (Fsp3) is 0.667. The summed E-state index contributed by atoms with van der Waals surface area (Å²) in [5.41, 5.74) is 3.07. The summed E-state index contributed by atoms with van der Waals surface area (Å²) < 4.78 is 0. The fourth-order valence-electron chi connectivity index (χ4n) is 2.96. The molecule has 2 heterocycles. The minimum atomic E-state index is -0.0220. The lowest BCUT2D eigenvalue weighted by molar-refractivity contribution is 0.0943. The number of aromatic nitrogens is 1. The van der Waals surface area contributed by atoms with Crippen molar-refractivity contribution in [3.63, 3.8) is 0 Å². The molecule has 0 saturated heterocycles. The molecular weight excluding hydrogens is 288 g/mol. The number of pyridine rings is 1. The molecule has 2 aliphatic rings. The van der Waals surface area contributed by atoms with Crippen LogP contribution in [0.1, 0.15) is 48.3 Å². The Morgan fingerprint density at radius 3 is 2.78 bits per heavy atom. The standard InChI is InChI=1S/C18H28N4O/c1-12(2)20-18(23)15-10-14-6-8-22(3)9-7-16(14)21-17(15)19-11-13-4-5-13/h10,12-13H,4-9,11H2,1-3H3,(H,19,21)(H,20,23). The molecule has 1 aromatic rings. The molecule has 23 heavy (non-hydrogen) atoms. The van der Waals surface area contributed by atoms with Crippen LogP contribution in [0, 0.1) is 5.92 Å². The van der Waals surface area contributed by atoms with Crippen molar-refractivity contribution in [1.29, 1.82) is 0 Å². The van der Waals surface area contributed by atoms with E-state index >= 15 is 0 Å². The first-order valence-electron chi connectivity index (χ1n) is 8.79. The molecule has 1 aromatic heterocycles. The van der Waals surface area contributed by atoms with Gasteiger partial charge in [0.05, 0.1) is 5.56 Å². The van der Waals surface area contributed by atoms with E-state index in [1.54, 1.807) is 0 Å². The first kappa shape index (κ1) is 16.2. The Kier molecular flexibility index (Phi) is 4.85. The van der Waals surface area contributed by atoms with Gasteiger partial charge in [0.1, 0.15) is 5.82 Å². The summed E-state index contributed by atoms with van der Waals surface area (Å²) in [6.45, 7) is 6.95. The molecule has 0 unspecified atom stereocenters. The van der Waals surface area contributed by atoms with E-state index < -0.39 is 0 Å². The van der Waals surface area contributed by atoms with Crippen molar-refractivity contribution >= 4 is 11.7 Å². The molecular formula is C18H28N4O. The monoisotopic (exact) mass is 316 g/mol. The van der Waals surface area contributed by atoms with Gasteiger partial charge in [-0.2, -0.15) is 0 Å². The van der Waals surface area contributed by atoms with Crippen LogP contribution in [0.25, 0.3) is 0 Å². The van der Waals surface area contributed by atoms with Crippen molar-refractivity contribution < 1.29 is 4.79 Å². The third-order valence-corrected chi connectivity index (χ3v) is 4.60. The minimum Gasteiger partial charge on any atom is -0.369 e. The highest BCUT2D eigenvalue weighted by Crippen LogP contribution is 2.29. The lowest BCUT2D eigenvalue weighted by Crippen LogP contribution is -2.31. The predicted octanol–water partition coefficient (Wildman–Crippen LogP) is 2.07. The molecule has 0 atom stereocenters. The molecule has 1 aliphatic carbocycles. The zero-order chi connectivity index (χ0) is 16.4. The number of hydrogen-bond donors (Lipinski definition) is 2. The van der Waals surface area contributed by atoms with E-state index in [0.29, 0.717) is 5.56 Å². The molecule has 1 aliphatic heterocycles. The maximum Gasteiger partial charge on any atom is 0.255 e. The van der Waals surface area contributed by atoms with Crippen molar-refractivity contribution in [2.75, 3.05) is 32.0 Å². The average Bonchev–Trinajstić information content (AvgIpc) is 3.32. The van der Waals surface area contributed by atoms with Gasteiger partial charge >= 0.3 is 0 Å². The highest BCUT2D eigenvalue weighted by atomic mass is 16.1. The van der Waals surface area contributed by atoms with Crippen LogP contribution in [0.5, 0.6) is 0 Å². The van der Waals surface area contributed by atoms with Crippen LogP contribution in [-0.2, 0) is 12.8 Å². The van der Waals surface area contributed by atoms with Gasteiger partial charge in [0.2, 0.25) is 0 Å². The van der Waals surface area contributed by atoms with Gasteiger partial charge in [-0.3, -0.25) is 4.79 Å². The first-order valence-corrected chi connectivity index (χ1v) is 8.79. The highest BCUT2D eigenvalue weighted by Gasteiger charge is 2.24. The topological polar surface area (TPSA) is 57.3 Å².